The summed E-state index contributed by atoms with van der Waals surface area (Å²) in [5, 5.41) is 3.38. The average molecular weight is 277 g/mol. The normalized spacial score (nSPS) is 13.2. The van der Waals surface area contributed by atoms with Crippen molar-refractivity contribution >= 4 is 11.3 Å². The second-order valence-electron chi connectivity index (χ2n) is 4.23. The van der Waals surface area contributed by atoms with Crippen molar-refractivity contribution in [2.45, 2.75) is 39.7 Å². The molecule has 18 heavy (non-hydrogen) atoms. The van der Waals surface area contributed by atoms with E-state index in [0.717, 1.165) is 13.0 Å². The van der Waals surface area contributed by atoms with Gasteiger partial charge in [0, 0.05) is 22.4 Å². The summed E-state index contributed by atoms with van der Waals surface area (Å²) in [4.78, 5) is 2.56. The lowest BCUT2D eigenvalue weighted by atomic mass is 10.0. The van der Waals surface area contributed by atoms with Crippen LogP contribution in [0.25, 0.3) is 0 Å². The van der Waals surface area contributed by atoms with Crippen LogP contribution >= 0.6 is 11.3 Å². The molecule has 1 N–H and O–H groups in total. The number of hydrogen-bond donors (Lipinski definition) is 1. The first kappa shape index (κ1) is 15.5. The van der Waals surface area contributed by atoms with Crippen LogP contribution in [0.15, 0.2) is 6.07 Å². The van der Waals surface area contributed by atoms with Crippen LogP contribution in [0.2, 0.25) is 0 Å². The molecule has 2 nitrogen and oxygen atoms in total. The molecule has 1 heterocycles. The molecular formula is C13H21F2NOS. The number of ether oxygens (including phenoxy) is 1. The maximum absolute atomic E-state index is 12.0. The monoisotopic (exact) mass is 277 g/mol. The molecule has 1 atom stereocenters. The predicted octanol–water partition coefficient (Wildman–Crippen LogP) is 3.69. The Morgan fingerprint density at radius 1 is 1.39 bits per heavy atom. The first-order valence-electron chi connectivity index (χ1n) is 6.20. The van der Waals surface area contributed by atoms with Gasteiger partial charge in [0.2, 0.25) is 0 Å². The molecule has 0 fully saturated rings. The second kappa shape index (κ2) is 7.81. The van der Waals surface area contributed by atoms with Gasteiger partial charge in [-0.3, -0.25) is 0 Å². The zero-order chi connectivity index (χ0) is 13.5. The molecular weight excluding hydrogens is 256 g/mol. The van der Waals surface area contributed by atoms with E-state index in [1.54, 1.807) is 11.3 Å². The Morgan fingerprint density at radius 2 is 2.11 bits per heavy atom. The Kier molecular flexibility index (Phi) is 6.75. The maximum Gasteiger partial charge on any atom is 0.261 e. The summed E-state index contributed by atoms with van der Waals surface area (Å²) in [5.74, 6) is 0. The standard InChI is InChI=1S/C13H21F2NOS/c1-4-16-12(5-6-17-8-13(14)15)11-7-9(2)18-10(11)3/h7,12-13,16H,4-6,8H2,1-3H3. The van der Waals surface area contributed by atoms with E-state index in [1.165, 1.54) is 15.3 Å². The minimum atomic E-state index is -2.38. The van der Waals surface area contributed by atoms with Crippen LogP contribution in [0.1, 0.15) is 34.7 Å². The molecule has 0 spiro atoms. The lowest BCUT2D eigenvalue weighted by Crippen LogP contribution is -2.23. The molecule has 1 aromatic rings. The molecule has 0 saturated carbocycles. The predicted molar refractivity (Wildman–Crippen MR) is 71.7 cm³/mol. The Morgan fingerprint density at radius 3 is 2.61 bits per heavy atom. The number of thiophene rings is 1. The molecule has 1 rings (SSSR count). The minimum Gasteiger partial charge on any atom is -0.375 e. The number of alkyl halides is 2. The van der Waals surface area contributed by atoms with Crippen molar-refractivity contribution in [3.8, 4) is 0 Å². The third kappa shape index (κ3) is 5.00. The Labute approximate surface area is 111 Å². The van der Waals surface area contributed by atoms with Gasteiger partial charge in [-0.15, -0.1) is 11.3 Å². The molecule has 1 unspecified atom stereocenters. The summed E-state index contributed by atoms with van der Waals surface area (Å²) in [5.41, 5.74) is 1.26. The van der Waals surface area contributed by atoms with Gasteiger partial charge in [-0.2, -0.15) is 0 Å². The third-order valence-electron chi connectivity index (χ3n) is 2.70. The lowest BCUT2D eigenvalue weighted by molar-refractivity contribution is 0.0144. The molecule has 1 aromatic heterocycles. The number of nitrogens with one attached hydrogen (secondary N) is 1. The van der Waals surface area contributed by atoms with E-state index in [1.807, 2.05) is 6.92 Å². The smallest absolute Gasteiger partial charge is 0.261 e. The van der Waals surface area contributed by atoms with Crippen molar-refractivity contribution in [1.82, 2.24) is 5.32 Å². The van der Waals surface area contributed by atoms with Crippen molar-refractivity contribution in [3.63, 3.8) is 0 Å². The molecule has 0 saturated heterocycles. The van der Waals surface area contributed by atoms with Crippen LogP contribution < -0.4 is 5.32 Å². The summed E-state index contributed by atoms with van der Waals surface area (Å²) in [7, 11) is 0. The van der Waals surface area contributed by atoms with Gasteiger partial charge in [-0.1, -0.05) is 6.92 Å². The van der Waals surface area contributed by atoms with Crippen LogP contribution in [0.4, 0.5) is 8.78 Å². The topological polar surface area (TPSA) is 21.3 Å². The minimum absolute atomic E-state index is 0.192. The number of hydrogen-bond acceptors (Lipinski definition) is 3. The van der Waals surface area contributed by atoms with Gasteiger partial charge in [0.15, 0.2) is 0 Å². The van der Waals surface area contributed by atoms with Crippen LogP contribution in [0.3, 0.4) is 0 Å². The SMILES string of the molecule is CCNC(CCOCC(F)F)c1cc(C)sc1C. The van der Waals surface area contributed by atoms with E-state index in [9.17, 15) is 8.78 Å². The Bertz CT molecular complexity index is 355. The zero-order valence-electron chi connectivity index (χ0n) is 11.1. The molecule has 0 aliphatic carbocycles. The highest BCUT2D eigenvalue weighted by atomic mass is 32.1. The van der Waals surface area contributed by atoms with Crippen LogP contribution in [0.5, 0.6) is 0 Å². The highest BCUT2D eigenvalue weighted by molar-refractivity contribution is 7.12. The van der Waals surface area contributed by atoms with Gasteiger partial charge in [0.05, 0.1) is 0 Å². The van der Waals surface area contributed by atoms with Crippen molar-refractivity contribution in [2.75, 3.05) is 19.8 Å². The fraction of sp³-hybridized carbons (Fsp3) is 0.692. The molecule has 0 aromatic carbocycles. The third-order valence-corrected chi connectivity index (χ3v) is 3.68. The Hall–Kier alpha value is -0.520. The summed E-state index contributed by atoms with van der Waals surface area (Å²) in [6, 6.07) is 2.36. The van der Waals surface area contributed by atoms with Crippen molar-refractivity contribution < 1.29 is 13.5 Å². The highest BCUT2D eigenvalue weighted by Crippen LogP contribution is 2.28. The first-order chi connectivity index (χ1) is 8.54. The van der Waals surface area contributed by atoms with E-state index < -0.39 is 13.0 Å². The van der Waals surface area contributed by atoms with E-state index in [4.69, 9.17) is 4.74 Å². The van der Waals surface area contributed by atoms with Gasteiger partial charge in [-0.25, -0.2) is 8.78 Å². The van der Waals surface area contributed by atoms with Gasteiger partial charge >= 0.3 is 0 Å². The Balaban J connectivity index is 2.52. The lowest BCUT2D eigenvalue weighted by Gasteiger charge is -2.18. The molecule has 104 valence electrons. The summed E-state index contributed by atoms with van der Waals surface area (Å²) in [6.07, 6.45) is -1.66. The van der Waals surface area contributed by atoms with Crippen molar-refractivity contribution in [3.05, 3.63) is 21.4 Å². The average Bonchev–Trinajstić information content (AvgIpc) is 2.62. The number of halogens is 2. The largest absolute Gasteiger partial charge is 0.375 e. The van der Waals surface area contributed by atoms with Gasteiger partial charge in [0.1, 0.15) is 6.61 Å². The first-order valence-corrected chi connectivity index (χ1v) is 7.02. The number of aryl methyl sites for hydroxylation is 2. The van der Waals surface area contributed by atoms with Crippen LogP contribution in [0, 0.1) is 13.8 Å². The van der Waals surface area contributed by atoms with Gasteiger partial charge < -0.3 is 10.1 Å². The quantitative estimate of drug-likeness (QED) is 0.732. The van der Waals surface area contributed by atoms with E-state index in [-0.39, 0.29) is 6.04 Å². The van der Waals surface area contributed by atoms with Crippen LogP contribution in [-0.2, 0) is 4.74 Å². The van der Waals surface area contributed by atoms with Crippen LogP contribution in [-0.4, -0.2) is 26.2 Å². The van der Waals surface area contributed by atoms with Gasteiger partial charge in [0.25, 0.3) is 6.43 Å². The van der Waals surface area contributed by atoms with Crippen molar-refractivity contribution in [2.24, 2.45) is 0 Å². The van der Waals surface area contributed by atoms with Gasteiger partial charge in [-0.05, 0) is 38.4 Å². The molecule has 0 bridgehead atoms. The van der Waals surface area contributed by atoms with E-state index >= 15 is 0 Å². The van der Waals surface area contributed by atoms with E-state index in [2.05, 4.69) is 25.2 Å². The van der Waals surface area contributed by atoms with E-state index in [0.29, 0.717) is 6.61 Å². The zero-order valence-corrected chi connectivity index (χ0v) is 11.9. The fourth-order valence-electron chi connectivity index (χ4n) is 1.98. The maximum atomic E-state index is 12.0. The fourth-order valence-corrected chi connectivity index (χ4v) is 2.97. The molecule has 0 aliphatic rings. The summed E-state index contributed by atoms with van der Waals surface area (Å²) in [6.45, 7) is 6.96. The molecule has 0 amide bonds. The summed E-state index contributed by atoms with van der Waals surface area (Å²) < 4.78 is 28.9. The molecule has 0 aliphatic heterocycles. The van der Waals surface area contributed by atoms with Crippen molar-refractivity contribution in [1.29, 1.82) is 0 Å². The molecule has 0 radical (unpaired) electrons. The number of rotatable bonds is 8. The molecule has 5 heteroatoms. The highest BCUT2D eigenvalue weighted by Gasteiger charge is 2.15. The second-order valence-corrected chi connectivity index (χ2v) is 5.69. The summed E-state index contributed by atoms with van der Waals surface area (Å²) >= 11 is 1.77.